The Morgan fingerprint density at radius 1 is 1.33 bits per heavy atom. The first-order valence-corrected chi connectivity index (χ1v) is 5.68. The third-order valence-corrected chi connectivity index (χ3v) is 3.12. The summed E-state index contributed by atoms with van der Waals surface area (Å²) in [6.45, 7) is 8.70. The van der Waals surface area contributed by atoms with E-state index in [9.17, 15) is 4.79 Å². The standard InChI is InChI=1S/C11H22N2O2/c1-9-7-12(11(3)15)8-10(2)13(9)5-4-6-14/h9-10,14H,4-8H2,1-3H3/t9-,10+. The topological polar surface area (TPSA) is 43.8 Å². The summed E-state index contributed by atoms with van der Waals surface area (Å²) in [6, 6.07) is 0.786. The molecule has 1 fully saturated rings. The van der Waals surface area contributed by atoms with Crippen LogP contribution in [0.4, 0.5) is 0 Å². The summed E-state index contributed by atoms with van der Waals surface area (Å²) in [5.74, 6) is 0.163. The SMILES string of the molecule is CC(=O)N1C[C@@H](C)N(CCCO)[C@@H](C)C1. The van der Waals surface area contributed by atoms with Crippen molar-refractivity contribution in [1.82, 2.24) is 9.80 Å². The molecule has 1 aliphatic heterocycles. The molecule has 88 valence electrons. The lowest BCUT2D eigenvalue weighted by molar-refractivity contribution is -0.133. The molecule has 0 bridgehead atoms. The van der Waals surface area contributed by atoms with Gasteiger partial charge in [0.25, 0.3) is 0 Å². The average Bonchev–Trinajstić information content (AvgIpc) is 2.16. The fourth-order valence-electron chi connectivity index (χ4n) is 2.31. The second-order valence-electron chi connectivity index (χ2n) is 4.44. The Bertz CT molecular complexity index is 209. The molecular formula is C11H22N2O2. The molecule has 0 saturated carbocycles. The van der Waals surface area contributed by atoms with Crippen LogP contribution < -0.4 is 0 Å². The predicted octanol–water partition coefficient (Wildman–Crippen LogP) is 0.310. The first-order chi connectivity index (χ1) is 7.06. The van der Waals surface area contributed by atoms with Crippen LogP contribution in [0.5, 0.6) is 0 Å². The summed E-state index contributed by atoms with van der Waals surface area (Å²) in [5.41, 5.74) is 0. The van der Waals surface area contributed by atoms with E-state index in [2.05, 4.69) is 18.7 Å². The maximum atomic E-state index is 11.3. The molecule has 1 heterocycles. The summed E-state index contributed by atoms with van der Waals surface area (Å²) < 4.78 is 0. The van der Waals surface area contributed by atoms with Crippen molar-refractivity contribution in [2.24, 2.45) is 0 Å². The zero-order valence-electron chi connectivity index (χ0n) is 9.94. The molecule has 2 atom stereocenters. The second-order valence-corrected chi connectivity index (χ2v) is 4.44. The van der Waals surface area contributed by atoms with Gasteiger partial charge in [0.2, 0.25) is 5.91 Å². The number of carbonyl (C=O) groups is 1. The molecule has 0 aromatic carbocycles. The van der Waals surface area contributed by atoms with Crippen molar-refractivity contribution in [3.63, 3.8) is 0 Å². The number of piperazine rings is 1. The Morgan fingerprint density at radius 2 is 1.87 bits per heavy atom. The van der Waals surface area contributed by atoms with Gasteiger partial charge >= 0.3 is 0 Å². The lowest BCUT2D eigenvalue weighted by atomic mass is 10.1. The van der Waals surface area contributed by atoms with Gasteiger partial charge in [-0.3, -0.25) is 9.69 Å². The molecule has 4 nitrogen and oxygen atoms in total. The summed E-state index contributed by atoms with van der Waals surface area (Å²) in [6.07, 6.45) is 0.814. The molecule has 0 aromatic rings. The second kappa shape index (κ2) is 5.47. The van der Waals surface area contributed by atoms with Crippen LogP contribution >= 0.6 is 0 Å². The number of hydrogen-bond donors (Lipinski definition) is 1. The summed E-state index contributed by atoms with van der Waals surface area (Å²) >= 11 is 0. The molecule has 1 saturated heterocycles. The summed E-state index contributed by atoms with van der Waals surface area (Å²) in [5, 5.41) is 8.82. The third-order valence-electron chi connectivity index (χ3n) is 3.12. The zero-order valence-corrected chi connectivity index (χ0v) is 9.94. The van der Waals surface area contributed by atoms with Crippen molar-refractivity contribution in [2.45, 2.75) is 39.3 Å². The Morgan fingerprint density at radius 3 is 2.27 bits per heavy atom. The van der Waals surface area contributed by atoms with Gasteiger partial charge in [-0.25, -0.2) is 0 Å². The van der Waals surface area contributed by atoms with Gasteiger partial charge in [-0.1, -0.05) is 0 Å². The van der Waals surface area contributed by atoms with E-state index < -0.39 is 0 Å². The molecule has 0 spiro atoms. The number of carbonyl (C=O) groups excluding carboxylic acids is 1. The Hall–Kier alpha value is -0.610. The smallest absolute Gasteiger partial charge is 0.219 e. The third kappa shape index (κ3) is 3.18. The molecule has 0 unspecified atom stereocenters. The van der Waals surface area contributed by atoms with E-state index in [0.717, 1.165) is 26.1 Å². The lowest BCUT2D eigenvalue weighted by Gasteiger charge is -2.44. The number of nitrogens with zero attached hydrogens (tertiary/aromatic N) is 2. The lowest BCUT2D eigenvalue weighted by Crippen LogP contribution is -2.57. The minimum atomic E-state index is 0.163. The van der Waals surface area contributed by atoms with Crippen LogP contribution in [-0.2, 0) is 4.79 Å². The van der Waals surface area contributed by atoms with Gasteiger partial charge in [0.1, 0.15) is 0 Å². The van der Waals surface area contributed by atoms with Gasteiger partial charge in [-0.05, 0) is 20.3 Å². The summed E-state index contributed by atoms with van der Waals surface area (Å²) in [7, 11) is 0. The van der Waals surface area contributed by atoms with E-state index >= 15 is 0 Å². The van der Waals surface area contributed by atoms with Crippen LogP contribution in [0, 0.1) is 0 Å². The normalized spacial score (nSPS) is 28.1. The highest BCUT2D eigenvalue weighted by atomic mass is 16.3. The highest BCUT2D eigenvalue weighted by molar-refractivity contribution is 5.73. The molecule has 0 aromatic heterocycles. The van der Waals surface area contributed by atoms with Crippen molar-refractivity contribution >= 4 is 5.91 Å². The molecule has 4 heteroatoms. The number of rotatable bonds is 3. The fraction of sp³-hybridized carbons (Fsp3) is 0.909. The minimum Gasteiger partial charge on any atom is -0.396 e. The van der Waals surface area contributed by atoms with E-state index in [1.807, 2.05) is 4.90 Å². The van der Waals surface area contributed by atoms with E-state index in [1.165, 1.54) is 0 Å². The van der Waals surface area contributed by atoms with Gasteiger partial charge in [0, 0.05) is 45.2 Å². The van der Waals surface area contributed by atoms with E-state index in [1.54, 1.807) is 6.92 Å². The van der Waals surface area contributed by atoms with Gasteiger partial charge in [-0.15, -0.1) is 0 Å². The monoisotopic (exact) mass is 214 g/mol. The summed E-state index contributed by atoms with van der Waals surface area (Å²) in [4.78, 5) is 15.6. The van der Waals surface area contributed by atoms with Crippen LogP contribution in [0.1, 0.15) is 27.2 Å². The van der Waals surface area contributed by atoms with Gasteiger partial charge < -0.3 is 10.0 Å². The molecular weight excluding hydrogens is 192 g/mol. The molecule has 0 aliphatic carbocycles. The van der Waals surface area contributed by atoms with Crippen molar-refractivity contribution < 1.29 is 9.90 Å². The van der Waals surface area contributed by atoms with Crippen molar-refractivity contribution in [3.8, 4) is 0 Å². The largest absolute Gasteiger partial charge is 0.396 e. The number of aliphatic hydroxyl groups excluding tert-OH is 1. The van der Waals surface area contributed by atoms with Gasteiger partial charge in [0.05, 0.1) is 0 Å². The van der Waals surface area contributed by atoms with E-state index in [0.29, 0.717) is 12.1 Å². The van der Waals surface area contributed by atoms with Crippen LogP contribution in [0.3, 0.4) is 0 Å². The molecule has 1 aliphatic rings. The maximum Gasteiger partial charge on any atom is 0.219 e. The Labute approximate surface area is 91.9 Å². The molecule has 15 heavy (non-hydrogen) atoms. The molecule has 0 radical (unpaired) electrons. The average molecular weight is 214 g/mol. The molecule has 1 rings (SSSR count). The van der Waals surface area contributed by atoms with E-state index in [-0.39, 0.29) is 12.5 Å². The molecule has 1 N–H and O–H groups in total. The zero-order chi connectivity index (χ0) is 11.4. The number of aliphatic hydroxyl groups is 1. The van der Waals surface area contributed by atoms with E-state index in [4.69, 9.17) is 5.11 Å². The highest BCUT2D eigenvalue weighted by Crippen LogP contribution is 2.15. The first-order valence-electron chi connectivity index (χ1n) is 5.68. The van der Waals surface area contributed by atoms with Crippen LogP contribution in [-0.4, -0.2) is 59.1 Å². The number of hydrogen-bond acceptors (Lipinski definition) is 3. The van der Waals surface area contributed by atoms with Crippen molar-refractivity contribution in [2.75, 3.05) is 26.2 Å². The first kappa shape index (κ1) is 12.5. The quantitative estimate of drug-likeness (QED) is 0.735. The van der Waals surface area contributed by atoms with Crippen molar-refractivity contribution in [3.05, 3.63) is 0 Å². The van der Waals surface area contributed by atoms with Gasteiger partial charge in [0.15, 0.2) is 0 Å². The Balaban J connectivity index is 2.52. The van der Waals surface area contributed by atoms with Crippen LogP contribution in [0.15, 0.2) is 0 Å². The maximum absolute atomic E-state index is 11.3. The van der Waals surface area contributed by atoms with Crippen molar-refractivity contribution in [1.29, 1.82) is 0 Å². The fourth-order valence-corrected chi connectivity index (χ4v) is 2.31. The minimum absolute atomic E-state index is 0.163. The Kier molecular flexibility index (Phi) is 4.54. The van der Waals surface area contributed by atoms with Crippen LogP contribution in [0.2, 0.25) is 0 Å². The van der Waals surface area contributed by atoms with Gasteiger partial charge in [-0.2, -0.15) is 0 Å². The molecule has 1 amide bonds. The van der Waals surface area contributed by atoms with Crippen LogP contribution in [0.25, 0.3) is 0 Å². The highest BCUT2D eigenvalue weighted by Gasteiger charge is 2.29. The predicted molar refractivity (Wildman–Crippen MR) is 59.6 cm³/mol. The number of amides is 1.